The van der Waals surface area contributed by atoms with Crippen LogP contribution in [0.3, 0.4) is 0 Å². The summed E-state index contributed by atoms with van der Waals surface area (Å²) < 4.78 is 0. The van der Waals surface area contributed by atoms with Crippen molar-refractivity contribution in [3.8, 4) is 17.1 Å². The molecule has 2 N–H and O–H groups in total. The number of rotatable bonds is 2. The lowest BCUT2D eigenvalue weighted by molar-refractivity contribution is 0.475. The van der Waals surface area contributed by atoms with Crippen LogP contribution in [0.1, 0.15) is 11.8 Å². The number of hydrogen-bond donors (Lipinski definition) is 2. The Hall–Kier alpha value is -1.85. The van der Waals surface area contributed by atoms with Crippen LogP contribution >= 0.6 is 22.9 Å². The second-order valence-corrected chi connectivity index (χ2v) is 5.89. The maximum absolute atomic E-state index is 12.1. The fraction of sp³-hybridized carbons (Fsp3) is 0.143. The lowest BCUT2D eigenvalue weighted by atomic mass is 10.2. The number of benzene rings is 1. The third-order valence-electron chi connectivity index (χ3n) is 3.02. The lowest BCUT2D eigenvalue weighted by Gasteiger charge is -2.02. The number of H-pyrrole nitrogens is 1. The van der Waals surface area contributed by atoms with Crippen LogP contribution in [0.4, 0.5) is 0 Å². The molecule has 3 rings (SSSR count). The molecule has 3 aromatic rings. The van der Waals surface area contributed by atoms with Gasteiger partial charge in [0, 0.05) is 10.4 Å². The summed E-state index contributed by atoms with van der Waals surface area (Å²) in [7, 11) is 0. The van der Waals surface area contributed by atoms with Crippen LogP contribution in [0.5, 0.6) is 5.75 Å². The van der Waals surface area contributed by atoms with Crippen LogP contribution in [-0.2, 0) is 6.42 Å². The smallest absolute Gasteiger partial charge is 0.259 e. The van der Waals surface area contributed by atoms with E-state index >= 15 is 0 Å². The Bertz CT molecular complexity index is 854. The molecular formula is C14H11ClN2O2S. The van der Waals surface area contributed by atoms with E-state index in [0.29, 0.717) is 21.6 Å². The minimum absolute atomic E-state index is 0.00299. The van der Waals surface area contributed by atoms with Gasteiger partial charge in [-0.3, -0.25) is 4.79 Å². The van der Waals surface area contributed by atoms with Gasteiger partial charge in [-0.1, -0.05) is 18.5 Å². The van der Waals surface area contributed by atoms with Gasteiger partial charge in [0.1, 0.15) is 16.4 Å². The summed E-state index contributed by atoms with van der Waals surface area (Å²) in [6.07, 6.45) is 0.876. The molecule has 20 heavy (non-hydrogen) atoms. The molecule has 0 saturated carbocycles. The largest absolute Gasteiger partial charge is 0.506 e. The Morgan fingerprint density at radius 1 is 1.40 bits per heavy atom. The second kappa shape index (κ2) is 4.92. The molecule has 0 bridgehead atoms. The SMILES string of the molecule is CCc1cc2c(=O)[nH]c(-c3ccc(O)c(Cl)c3)nc2s1. The number of phenolic OH excluding ortho intramolecular Hbond substituents is 1. The van der Waals surface area contributed by atoms with Gasteiger partial charge in [-0.2, -0.15) is 0 Å². The molecule has 6 heteroatoms. The van der Waals surface area contributed by atoms with E-state index in [1.165, 1.54) is 17.4 Å². The minimum Gasteiger partial charge on any atom is -0.506 e. The minimum atomic E-state index is -0.162. The average Bonchev–Trinajstić information content (AvgIpc) is 2.85. The highest BCUT2D eigenvalue weighted by atomic mass is 35.5. The Morgan fingerprint density at radius 3 is 2.90 bits per heavy atom. The van der Waals surface area contributed by atoms with Crippen molar-refractivity contribution in [2.45, 2.75) is 13.3 Å². The molecule has 0 aliphatic carbocycles. The van der Waals surface area contributed by atoms with Gasteiger partial charge >= 0.3 is 0 Å². The third-order valence-corrected chi connectivity index (χ3v) is 4.50. The maximum Gasteiger partial charge on any atom is 0.259 e. The van der Waals surface area contributed by atoms with Crippen molar-refractivity contribution >= 4 is 33.2 Å². The molecule has 2 heterocycles. The number of aryl methyl sites for hydroxylation is 1. The first-order valence-electron chi connectivity index (χ1n) is 6.10. The second-order valence-electron chi connectivity index (χ2n) is 4.37. The van der Waals surface area contributed by atoms with Gasteiger partial charge in [0.2, 0.25) is 0 Å². The number of fused-ring (bicyclic) bond motifs is 1. The zero-order valence-corrected chi connectivity index (χ0v) is 12.2. The number of aromatic hydroxyl groups is 1. The van der Waals surface area contributed by atoms with Gasteiger partial charge < -0.3 is 10.1 Å². The first-order valence-corrected chi connectivity index (χ1v) is 7.29. The fourth-order valence-corrected chi connectivity index (χ4v) is 3.10. The van der Waals surface area contributed by atoms with E-state index in [9.17, 15) is 9.90 Å². The van der Waals surface area contributed by atoms with E-state index in [0.717, 1.165) is 11.3 Å². The zero-order valence-electron chi connectivity index (χ0n) is 10.6. The predicted molar refractivity (Wildman–Crippen MR) is 81.7 cm³/mol. The number of phenols is 1. The van der Waals surface area contributed by atoms with Crippen LogP contribution in [0.15, 0.2) is 29.1 Å². The van der Waals surface area contributed by atoms with Gasteiger partial charge in [-0.25, -0.2) is 4.98 Å². The summed E-state index contributed by atoms with van der Waals surface area (Å²) in [4.78, 5) is 21.1. The van der Waals surface area contributed by atoms with Crippen molar-refractivity contribution in [2.24, 2.45) is 0 Å². The number of nitrogens with zero attached hydrogens (tertiary/aromatic N) is 1. The van der Waals surface area contributed by atoms with E-state index in [4.69, 9.17) is 11.6 Å². The quantitative estimate of drug-likeness (QED) is 0.760. The molecule has 4 nitrogen and oxygen atoms in total. The number of aromatic nitrogens is 2. The third kappa shape index (κ3) is 2.19. The highest BCUT2D eigenvalue weighted by molar-refractivity contribution is 7.18. The normalized spacial score (nSPS) is 11.1. The monoisotopic (exact) mass is 306 g/mol. The topological polar surface area (TPSA) is 66.0 Å². The van der Waals surface area contributed by atoms with Crippen molar-refractivity contribution in [1.82, 2.24) is 9.97 Å². The summed E-state index contributed by atoms with van der Waals surface area (Å²) in [6.45, 7) is 2.04. The van der Waals surface area contributed by atoms with Crippen LogP contribution in [0.25, 0.3) is 21.6 Å². The van der Waals surface area contributed by atoms with Gasteiger partial charge in [-0.05, 0) is 30.7 Å². The van der Waals surface area contributed by atoms with E-state index in [2.05, 4.69) is 9.97 Å². The van der Waals surface area contributed by atoms with Crippen molar-refractivity contribution < 1.29 is 5.11 Å². The first kappa shape index (κ1) is 13.1. The van der Waals surface area contributed by atoms with Gasteiger partial charge in [0.15, 0.2) is 0 Å². The fourth-order valence-electron chi connectivity index (χ4n) is 1.95. The molecule has 0 spiro atoms. The predicted octanol–water partition coefficient (Wildman–Crippen LogP) is 3.57. The van der Waals surface area contributed by atoms with Crippen molar-refractivity contribution in [3.63, 3.8) is 0 Å². The first-order chi connectivity index (χ1) is 9.58. The van der Waals surface area contributed by atoms with Crippen molar-refractivity contribution in [1.29, 1.82) is 0 Å². The van der Waals surface area contributed by atoms with Gasteiger partial charge in [-0.15, -0.1) is 11.3 Å². The maximum atomic E-state index is 12.1. The average molecular weight is 307 g/mol. The standard InChI is InChI=1S/C14H11ClN2O2S/c1-2-8-6-9-13(19)16-12(17-14(9)20-8)7-3-4-11(18)10(15)5-7/h3-6,18H,2H2,1H3,(H,16,17,19). The number of aromatic amines is 1. The Labute approximate surface area is 123 Å². The van der Waals surface area contributed by atoms with E-state index in [1.54, 1.807) is 12.1 Å². The Kier molecular flexibility index (Phi) is 3.23. The number of thiophene rings is 1. The molecule has 102 valence electrons. The molecule has 0 atom stereocenters. The van der Waals surface area contributed by atoms with Crippen molar-refractivity contribution in [2.75, 3.05) is 0 Å². The van der Waals surface area contributed by atoms with E-state index in [1.807, 2.05) is 13.0 Å². The molecule has 0 saturated heterocycles. The summed E-state index contributed by atoms with van der Waals surface area (Å²) >= 11 is 7.40. The molecule has 0 amide bonds. The molecule has 0 fully saturated rings. The molecule has 0 aliphatic rings. The van der Waals surface area contributed by atoms with Crippen molar-refractivity contribution in [3.05, 3.63) is 44.5 Å². The van der Waals surface area contributed by atoms with Crippen LogP contribution in [0, 0.1) is 0 Å². The van der Waals surface area contributed by atoms with E-state index < -0.39 is 0 Å². The lowest BCUT2D eigenvalue weighted by Crippen LogP contribution is -2.07. The summed E-state index contributed by atoms with van der Waals surface area (Å²) in [5.41, 5.74) is 0.503. The summed E-state index contributed by atoms with van der Waals surface area (Å²) in [6, 6.07) is 6.60. The molecule has 2 aromatic heterocycles. The van der Waals surface area contributed by atoms with E-state index in [-0.39, 0.29) is 16.3 Å². The van der Waals surface area contributed by atoms with Gasteiger partial charge in [0.05, 0.1) is 10.4 Å². The molecule has 1 aromatic carbocycles. The zero-order chi connectivity index (χ0) is 14.3. The number of nitrogens with one attached hydrogen (secondary N) is 1. The molecule has 0 aliphatic heterocycles. The molecule has 0 unspecified atom stereocenters. The van der Waals surface area contributed by atoms with Crippen LogP contribution < -0.4 is 5.56 Å². The number of halogens is 1. The van der Waals surface area contributed by atoms with Crippen LogP contribution in [0.2, 0.25) is 5.02 Å². The molecule has 0 radical (unpaired) electrons. The molecular weight excluding hydrogens is 296 g/mol. The summed E-state index contributed by atoms with van der Waals surface area (Å²) in [5.74, 6) is 0.456. The Morgan fingerprint density at radius 2 is 2.20 bits per heavy atom. The van der Waals surface area contributed by atoms with Crippen LogP contribution in [-0.4, -0.2) is 15.1 Å². The Balaban J connectivity index is 2.21. The highest BCUT2D eigenvalue weighted by Crippen LogP contribution is 2.29. The summed E-state index contributed by atoms with van der Waals surface area (Å²) in [5, 5.41) is 10.3. The van der Waals surface area contributed by atoms with Gasteiger partial charge in [0.25, 0.3) is 5.56 Å². The highest BCUT2D eigenvalue weighted by Gasteiger charge is 2.10. The number of hydrogen-bond acceptors (Lipinski definition) is 4.